The summed E-state index contributed by atoms with van der Waals surface area (Å²) in [5, 5.41) is 10.3. The minimum Gasteiger partial charge on any atom is -0.496 e. The standard InChI is InChI=1S/C23H28N2O2/c1-7-8-11-25-14-20(19-12-15(2)24-22(19)16(25)3)18-10-9-17(23(4,5)26)13-21(18)27-6/h7-10,12-14,24,26H,3,11H2,1-2,4-6H3/b8-7+. The van der Waals surface area contributed by atoms with Crippen molar-refractivity contribution >= 4 is 11.3 Å². The average Bonchev–Trinajstić information content (AvgIpc) is 3.02. The van der Waals surface area contributed by atoms with Gasteiger partial charge in [0.2, 0.25) is 0 Å². The number of benzene rings is 1. The van der Waals surface area contributed by atoms with Crippen LogP contribution in [-0.4, -0.2) is 28.6 Å². The number of hydrogen-bond donors (Lipinski definition) is 2. The van der Waals surface area contributed by atoms with Crippen molar-refractivity contribution in [3.05, 3.63) is 77.3 Å². The zero-order chi connectivity index (χ0) is 19.8. The number of hydrogen-bond acceptors (Lipinski definition) is 3. The Kier molecular flexibility index (Phi) is 5.03. The highest BCUT2D eigenvalue weighted by atomic mass is 16.5. The molecule has 2 N–H and O–H groups in total. The van der Waals surface area contributed by atoms with Gasteiger partial charge in [0, 0.05) is 35.1 Å². The molecule has 1 aliphatic heterocycles. The third-order valence-electron chi connectivity index (χ3n) is 4.90. The van der Waals surface area contributed by atoms with Crippen molar-refractivity contribution < 1.29 is 9.84 Å². The molecule has 3 rings (SSSR count). The van der Waals surface area contributed by atoms with E-state index in [0.717, 1.165) is 51.6 Å². The molecule has 1 aromatic heterocycles. The number of aromatic amines is 1. The highest BCUT2D eigenvalue weighted by Gasteiger charge is 2.26. The van der Waals surface area contributed by atoms with Gasteiger partial charge >= 0.3 is 0 Å². The lowest BCUT2D eigenvalue weighted by Gasteiger charge is -2.29. The molecule has 1 aliphatic rings. The Morgan fingerprint density at radius 1 is 1.26 bits per heavy atom. The lowest BCUT2D eigenvalue weighted by atomic mass is 9.90. The maximum atomic E-state index is 10.3. The maximum Gasteiger partial charge on any atom is 0.127 e. The number of H-pyrrole nitrogens is 1. The van der Waals surface area contributed by atoms with E-state index in [2.05, 4.69) is 34.8 Å². The second-order valence-electron chi connectivity index (χ2n) is 7.43. The number of aromatic nitrogens is 1. The number of ether oxygens (including phenoxy) is 1. The van der Waals surface area contributed by atoms with E-state index in [1.165, 1.54) is 0 Å². The maximum absolute atomic E-state index is 10.3. The monoisotopic (exact) mass is 364 g/mol. The van der Waals surface area contributed by atoms with Gasteiger partial charge in [-0.25, -0.2) is 0 Å². The van der Waals surface area contributed by atoms with Gasteiger partial charge in [0.15, 0.2) is 0 Å². The van der Waals surface area contributed by atoms with Gasteiger partial charge in [-0.1, -0.05) is 30.9 Å². The molecule has 0 radical (unpaired) electrons. The summed E-state index contributed by atoms with van der Waals surface area (Å²) in [7, 11) is 1.66. The molecule has 0 saturated carbocycles. The minimum atomic E-state index is -0.922. The van der Waals surface area contributed by atoms with Gasteiger partial charge in [-0.3, -0.25) is 0 Å². The van der Waals surface area contributed by atoms with E-state index in [0.29, 0.717) is 0 Å². The Balaban J connectivity index is 2.17. The SMILES string of the molecule is C=C1c2[nH]c(C)cc2C(c2ccc(C(C)(C)O)cc2OC)=CN1C/C=C/C. The van der Waals surface area contributed by atoms with Crippen molar-refractivity contribution in [2.45, 2.75) is 33.3 Å². The molecule has 0 fully saturated rings. The third kappa shape index (κ3) is 3.58. The topological polar surface area (TPSA) is 48.5 Å². The van der Waals surface area contributed by atoms with Crippen LogP contribution in [0.2, 0.25) is 0 Å². The number of aliphatic hydroxyl groups is 1. The molecule has 0 unspecified atom stereocenters. The number of nitrogens with one attached hydrogen (secondary N) is 1. The van der Waals surface area contributed by atoms with Crippen molar-refractivity contribution in [1.82, 2.24) is 9.88 Å². The summed E-state index contributed by atoms with van der Waals surface area (Å²) in [6.07, 6.45) is 6.27. The van der Waals surface area contributed by atoms with E-state index >= 15 is 0 Å². The minimum absolute atomic E-state index is 0.740. The van der Waals surface area contributed by atoms with Crippen LogP contribution in [0.3, 0.4) is 0 Å². The van der Waals surface area contributed by atoms with E-state index < -0.39 is 5.60 Å². The molecule has 0 atom stereocenters. The van der Waals surface area contributed by atoms with E-state index in [9.17, 15) is 5.11 Å². The molecule has 0 saturated heterocycles. The number of rotatable bonds is 5. The van der Waals surface area contributed by atoms with Crippen LogP contribution in [0, 0.1) is 6.92 Å². The fraction of sp³-hybridized carbons (Fsp3) is 0.304. The highest BCUT2D eigenvalue weighted by molar-refractivity contribution is 5.91. The van der Waals surface area contributed by atoms with Crippen LogP contribution in [0.5, 0.6) is 5.75 Å². The first-order chi connectivity index (χ1) is 12.8. The Morgan fingerprint density at radius 3 is 2.63 bits per heavy atom. The van der Waals surface area contributed by atoms with Gasteiger partial charge in [0.1, 0.15) is 5.75 Å². The average molecular weight is 364 g/mol. The quantitative estimate of drug-likeness (QED) is 0.749. The Morgan fingerprint density at radius 2 is 2.00 bits per heavy atom. The van der Waals surface area contributed by atoms with E-state index in [-0.39, 0.29) is 0 Å². The smallest absolute Gasteiger partial charge is 0.127 e. The molecular weight excluding hydrogens is 336 g/mol. The summed E-state index contributed by atoms with van der Waals surface area (Å²) in [5.74, 6) is 0.740. The molecule has 0 aliphatic carbocycles. The Labute approximate surface area is 161 Å². The zero-order valence-corrected chi connectivity index (χ0v) is 16.8. The fourth-order valence-electron chi connectivity index (χ4n) is 3.37. The molecule has 27 heavy (non-hydrogen) atoms. The van der Waals surface area contributed by atoms with Crippen LogP contribution in [0.4, 0.5) is 0 Å². The first-order valence-electron chi connectivity index (χ1n) is 9.16. The molecule has 142 valence electrons. The fourth-order valence-corrected chi connectivity index (χ4v) is 3.37. The lowest BCUT2D eigenvalue weighted by molar-refractivity contribution is 0.0783. The van der Waals surface area contributed by atoms with Crippen LogP contribution >= 0.6 is 0 Å². The van der Waals surface area contributed by atoms with Crippen molar-refractivity contribution in [3.63, 3.8) is 0 Å². The summed E-state index contributed by atoms with van der Waals surface area (Å²) in [4.78, 5) is 5.57. The second-order valence-corrected chi connectivity index (χ2v) is 7.43. The number of methoxy groups -OCH3 is 1. The normalized spacial score (nSPS) is 14.5. The van der Waals surface area contributed by atoms with Gasteiger partial charge in [-0.2, -0.15) is 0 Å². The molecular formula is C23H28N2O2. The van der Waals surface area contributed by atoms with E-state index in [4.69, 9.17) is 4.74 Å². The summed E-state index contributed by atoms with van der Waals surface area (Å²) in [6.45, 7) is 12.6. The number of nitrogens with zero attached hydrogens (tertiary/aromatic N) is 1. The van der Waals surface area contributed by atoms with E-state index in [1.54, 1.807) is 21.0 Å². The summed E-state index contributed by atoms with van der Waals surface area (Å²) in [6, 6.07) is 8.03. The van der Waals surface area contributed by atoms with Crippen molar-refractivity contribution in [2.75, 3.05) is 13.7 Å². The molecule has 4 heteroatoms. The third-order valence-corrected chi connectivity index (χ3v) is 4.90. The molecule has 2 heterocycles. The van der Waals surface area contributed by atoms with Gasteiger partial charge in [-0.15, -0.1) is 0 Å². The highest BCUT2D eigenvalue weighted by Crippen LogP contribution is 2.41. The largest absolute Gasteiger partial charge is 0.496 e. The lowest BCUT2D eigenvalue weighted by Crippen LogP contribution is -2.21. The molecule has 2 aromatic rings. The second kappa shape index (κ2) is 7.12. The first kappa shape index (κ1) is 19.1. The molecule has 0 spiro atoms. The number of allylic oxidation sites excluding steroid dienone is 1. The van der Waals surface area contributed by atoms with Gasteiger partial charge in [0.05, 0.1) is 24.1 Å². The van der Waals surface area contributed by atoms with Crippen LogP contribution in [-0.2, 0) is 5.60 Å². The van der Waals surface area contributed by atoms with Crippen LogP contribution < -0.4 is 4.74 Å². The Hall–Kier alpha value is -2.72. The van der Waals surface area contributed by atoms with Gasteiger partial charge in [0.25, 0.3) is 0 Å². The van der Waals surface area contributed by atoms with Gasteiger partial charge in [-0.05, 0) is 45.4 Å². The van der Waals surface area contributed by atoms with Crippen LogP contribution in [0.15, 0.2) is 49.2 Å². The summed E-state index contributed by atoms with van der Waals surface area (Å²) in [5.41, 5.74) is 6.15. The number of aryl methyl sites for hydroxylation is 1. The molecule has 4 nitrogen and oxygen atoms in total. The molecule has 0 amide bonds. The predicted octanol–water partition coefficient (Wildman–Crippen LogP) is 4.81. The molecule has 1 aromatic carbocycles. The number of fused-ring (bicyclic) bond motifs is 1. The summed E-state index contributed by atoms with van der Waals surface area (Å²) >= 11 is 0. The Bertz CT molecular complexity index is 926. The van der Waals surface area contributed by atoms with Gasteiger partial charge < -0.3 is 19.7 Å². The van der Waals surface area contributed by atoms with Crippen molar-refractivity contribution in [2.24, 2.45) is 0 Å². The summed E-state index contributed by atoms with van der Waals surface area (Å²) < 4.78 is 5.68. The molecule has 0 bridgehead atoms. The van der Waals surface area contributed by atoms with Crippen molar-refractivity contribution in [1.29, 1.82) is 0 Å². The van der Waals surface area contributed by atoms with Crippen LogP contribution in [0.1, 0.15) is 48.8 Å². The van der Waals surface area contributed by atoms with Crippen molar-refractivity contribution in [3.8, 4) is 5.75 Å². The zero-order valence-electron chi connectivity index (χ0n) is 16.8. The van der Waals surface area contributed by atoms with E-state index in [1.807, 2.05) is 38.1 Å². The predicted molar refractivity (Wildman–Crippen MR) is 111 cm³/mol. The first-order valence-corrected chi connectivity index (χ1v) is 9.16. The van der Waals surface area contributed by atoms with Crippen LogP contribution in [0.25, 0.3) is 11.3 Å².